The van der Waals surface area contributed by atoms with Crippen molar-refractivity contribution in [3.8, 4) is 0 Å². The molecule has 2 unspecified atom stereocenters. The van der Waals surface area contributed by atoms with Crippen LogP contribution >= 0.6 is 0 Å². The first-order valence-electron chi connectivity index (χ1n) is 11.7. The summed E-state index contributed by atoms with van der Waals surface area (Å²) in [5.74, 6) is -0.815. The zero-order valence-corrected chi connectivity index (χ0v) is 19.3. The smallest absolute Gasteiger partial charge is 0.248 e. The first-order chi connectivity index (χ1) is 15.3. The number of nitrogens with zero attached hydrogens (tertiary/aromatic N) is 5. The molecule has 7 heteroatoms. The summed E-state index contributed by atoms with van der Waals surface area (Å²) < 4.78 is 26.8. The Balaban J connectivity index is 1.37. The van der Waals surface area contributed by atoms with Crippen LogP contribution in [0.25, 0.3) is 0 Å². The topological polar surface area (TPSA) is 54.3 Å². The largest absolute Gasteiger partial charge is 0.298 e. The van der Waals surface area contributed by atoms with E-state index in [4.69, 9.17) is 4.98 Å². The molecule has 2 fully saturated rings. The van der Waals surface area contributed by atoms with Crippen LogP contribution in [0, 0.1) is 18.8 Å². The molecule has 1 saturated carbocycles. The van der Waals surface area contributed by atoms with Gasteiger partial charge in [-0.1, -0.05) is 37.3 Å². The van der Waals surface area contributed by atoms with Crippen molar-refractivity contribution in [3.05, 3.63) is 53.1 Å². The number of rotatable bonds is 6. The van der Waals surface area contributed by atoms with E-state index in [1.54, 1.807) is 0 Å². The summed E-state index contributed by atoms with van der Waals surface area (Å²) in [6, 6.07) is 10.5. The maximum atomic E-state index is 13.4. The average Bonchev–Trinajstić information content (AvgIpc) is 3.13. The molecule has 4 rings (SSSR count). The summed E-state index contributed by atoms with van der Waals surface area (Å²) in [5, 5.41) is 8.92. The van der Waals surface area contributed by atoms with Crippen LogP contribution in [0.1, 0.15) is 68.2 Å². The highest BCUT2D eigenvalue weighted by Gasteiger charge is 2.36. The Bertz CT molecular complexity index is 937. The highest BCUT2D eigenvalue weighted by molar-refractivity contribution is 5.84. The van der Waals surface area contributed by atoms with Gasteiger partial charge in [-0.05, 0) is 44.1 Å². The van der Waals surface area contributed by atoms with Gasteiger partial charge < -0.3 is 0 Å². The van der Waals surface area contributed by atoms with E-state index in [9.17, 15) is 8.78 Å². The molecule has 1 aromatic heterocycles. The van der Waals surface area contributed by atoms with Crippen LogP contribution in [-0.4, -0.2) is 44.8 Å². The van der Waals surface area contributed by atoms with Crippen molar-refractivity contribution in [1.29, 1.82) is 0 Å². The summed E-state index contributed by atoms with van der Waals surface area (Å²) in [6.07, 6.45) is 0.924. The van der Waals surface area contributed by atoms with Crippen LogP contribution in [-0.2, 0) is 13.1 Å². The van der Waals surface area contributed by atoms with E-state index in [0.717, 1.165) is 42.6 Å². The molecule has 2 aliphatic rings. The molecule has 0 bridgehead atoms. The van der Waals surface area contributed by atoms with Gasteiger partial charge in [0.05, 0.1) is 12.2 Å². The first-order valence-corrected chi connectivity index (χ1v) is 11.7. The van der Waals surface area contributed by atoms with E-state index in [1.165, 1.54) is 5.56 Å². The second-order valence-corrected chi connectivity index (χ2v) is 9.55. The summed E-state index contributed by atoms with van der Waals surface area (Å²) in [5.41, 5.74) is 3.88. The lowest BCUT2D eigenvalue weighted by atomic mass is 9.84. The van der Waals surface area contributed by atoms with Gasteiger partial charge in [0.1, 0.15) is 5.69 Å². The molecule has 172 valence electrons. The van der Waals surface area contributed by atoms with Gasteiger partial charge in [0.2, 0.25) is 5.92 Å². The third-order valence-corrected chi connectivity index (χ3v) is 7.03. The van der Waals surface area contributed by atoms with Crippen molar-refractivity contribution >= 4 is 5.71 Å². The van der Waals surface area contributed by atoms with E-state index >= 15 is 0 Å². The van der Waals surface area contributed by atoms with Crippen LogP contribution in [0.3, 0.4) is 0 Å². The highest BCUT2D eigenvalue weighted by Crippen LogP contribution is 2.36. The molecular weight excluding hydrogens is 408 g/mol. The molecular formula is C25H33F2N5. The molecule has 2 atom stereocenters. The van der Waals surface area contributed by atoms with E-state index in [0.29, 0.717) is 25.3 Å². The lowest BCUT2D eigenvalue weighted by Gasteiger charge is -2.28. The van der Waals surface area contributed by atoms with Crippen LogP contribution in [0.15, 0.2) is 35.3 Å². The van der Waals surface area contributed by atoms with Gasteiger partial charge in [-0.2, -0.15) is 0 Å². The van der Waals surface area contributed by atoms with Crippen molar-refractivity contribution in [2.45, 2.75) is 71.4 Å². The van der Waals surface area contributed by atoms with E-state index < -0.39 is 5.92 Å². The number of aryl methyl sites for hydroxylation is 1. The number of hydrogen-bond acceptors (Lipinski definition) is 5. The molecule has 5 nitrogen and oxygen atoms in total. The van der Waals surface area contributed by atoms with Crippen molar-refractivity contribution < 1.29 is 8.78 Å². The maximum Gasteiger partial charge on any atom is 0.248 e. The Hall–Kier alpha value is -2.28. The second-order valence-electron chi connectivity index (χ2n) is 9.55. The molecule has 0 spiro atoms. The zero-order valence-electron chi connectivity index (χ0n) is 19.3. The minimum atomic E-state index is -2.51. The maximum absolute atomic E-state index is 13.4. The first kappa shape index (κ1) is 22.9. The summed E-state index contributed by atoms with van der Waals surface area (Å²) >= 11 is 0. The number of hydrogen-bond donors (Lipinski definition) is 0. The Morgan fingerprint density at radius 3 is 2.53 bits per heavy atom. The fourth-order valence-corrected chi connectivity index (χ4v) is 4.91. The normalized spacial score (nSPS) is 24.7. The monoisotopic (exact) mass is 441 g/mol. The van der Waals surface area contributed by atoms with Crippen LogP contribution in [0.2, 0.25) is 0 Å². The SMILES string of the molecule is CC(=NCc1nnc(C2CN(Cc3ccccc3)CC2C)nc1C)C1CCC(F)(F)CC1. The fourth-order valence-electron chi connectivity index (χ4n) is 4.91. The van der Waals surface area contributed by atoms with Crippen molar-refractivity contribution in [2.75, 3.05) is 13.1 Å². The van der Waals surface area contributed by atoms with Gasteiger partial charge in [0.15, 0.2) is 5.82 Å². The predicted octanol–water partition coefficient (Wildman–Crippen LogP) is 5.20. The highest BCUT2D eigenvalue weighted by atomic mass is 19.3. The molecule has 32 heavy (non-hydrogen) atoms. The molecule has 0 radical (unpaired) electrons. The Morgan fingerprint density at radius 1 is 1.12 bits per heavy atom. The minimum absolute atomic E-state index is 0.0412. The Kier molecular flexibility index (Phi) is 6.93. The van der Waals surface area contributed by atoms with Crippen molar-refractivity contribution in [3.63, 3.8) is 0 Å². The summed E-state index contributed by atoms with van der Waals surface area (Å²) in [4.78, 5) is 11.9. The molecule has 2 heterocycles. The van der Waals surface area contributed by atoms with Gasteiger partial charge in [-0.15, -0.1) is 10.2 Å². The standard InChI is InChI=1S/C25H33F2N5/c1-17-14-32(15-20-7-5-4-6-8-20)16-22(17)24-29-19(3)23(30-31-24)13-28-18(2)21-9-11-25(26,27)12-10-21/h4-8,17,21-22H,9-16H2,1-3H3. The van der Waals surface area contributed by atoms with Crippen molar-refractivity contribution in [1.82, 2.24) is 20.1 Å². The number of aromatic nitrogens is 3. The van der Waals surface area contributed by atoms with Gasteiger partial charge in [0.25, 0.3) is 0 Å². The molecule has 1 saturated heterocycles. The number of likely N-dealkylation sites (tertiary alicyclic amines) is 1. The Labute approximate surface area is 189 Å². The van der Waals surface area contributed by atoms with Crippen LogP contribution in [0.4, 0.5) is 8.78 Å². The lowest BCUT2D eigenvalue weighted by molar-refractivity contribution is -0.0394. The number of alkyl halides is 2. The van der Waals surface area contributed by atoms with Gasteiger partial charge >= 0.3 is 0 Å². The quantitative estimate of drug-likeness (QED) is 0.578. The molecule has 0 amide bonds. The third kappa shape index (κ3) is 5.55. The van der Waals surface area contributed by atoms with E-state index in [1.807, 2.05) is 19.9 Å². The molecule has 1 aliphatic heterocycles. The second kappa shape index (κ2) is 9.69. The molecule has 0 N–H and O–H groups in total. The molecule has 2 aromatic rings. The van der Waals surface area contributed by atoms with Gasteiger partial charge in [0, 0.05) is 44.1 Å². The molecule has 1 aromatic carbocycles. The van der Waals surface area contributed by atoms with Gasteiger partial charge in [-0.25, -0.2) is 13.8 Å². The van der Waals surface area contributed by atoms with Gasteiger partial charge in [-0.3, -0.25) is 9.89 Å². The number of benzene rings is 1. The fraction of sp³-hybridized carbons (Fsp3) is 0.600. The van der Waals surface area contributed by atoms with Crippen LogP contribution < -0.4 is 0 Å². The van der Waals surface area contributed by atoms with Crippen LogP contribution in [0.5, 0.6) is 0 Å². The minimum Gasteiger partial charge on any atom is -0.298 e. The lowest BCUT2D eigenvalue weighted by Crippen LogP contribution is -2.27. The van der Waals surface area contributed by atoms with Crippen molar-refractivity contribution in [2.24, 2.45) is 16.8 Å². The Morgan fingerprint density at radius 2 is 1.84 bits per heavy atom. The zero-order chi connectivity index (χ0) is 22.7. The average molecular weight is 442 g/mol. The number of aliphatic imine (C=N–C) groups is 1. The summed E-state index contributed by atoms with van der Waals surface area (Å²) in [6.45, 7) is 9.46. The van der Waals surface area contributed by atoms with E-state index in [2.05, 4.69) is 51.3 Å². The number of halogens is 2. The van der Waals surface area contributed by atoms with E-state index in [-0.39, 0.29) is 24.7 Å². The predicted molar refractivity (Wildman–Crippen MR) is 122 cm³/mol. The summed E-state index contributed by atoms with van der Waals surface area (Å²) in [7, 11) is 0. The molecule has 1 aliphatic carbocycles. The third-order valence-electron chi connectivity index (χ3n) is 7.03.